The van der Waals surface area contributed by atoms with Crippen LogP contribution in [0.2, 0.25) is 5.02 Å². The van der Waals surface area contributed by atoms with Gasteiger partial charge in [-0.2, -0.15) is 0 Å². The van der Waals surface area contributed by atoms with Gasteiger partial charge in [-0.05, 0) is 79.1 Å². The lowest BCUT2D eigenvalue weighted by Gasteiger charge is -2.42. The Bertz CT molecular complexity index is 833. The second kappa shape index (κ2) is 7.94. The Balaban J connectivity index is 1.54. The highest BCUT2D eigenvalue weighted by molar-refractivity contribution is 7.12. The van der Waals surface area contributed by atoms with Gasteiger partial charge in [0, 0.05) is 23.5 Å². The molecule has 0 saturated carbocycles. The number of fused-ring (bicyclic) bond motifs is 1. The summed E-state index contributed by atoms with van der Waals surface area (Å²) in [6.45, 7) is 1.48. The Morgan fingerprint density at radius 3 is 2.93 bits per heavy atom. The zero-order valence-electron chi connectivity index (χ0n) is 15.5. The summed E-state index contributed by atoms with van der Waals surface area (Å²) in [4.78, 5) is 16.2. The van der Waals surface area contributed by atoms with Crippen LogP contribution in [0.4, 0.5) is 0 Å². The molecule has 1 aromatic heterocycles. The number of halogens is 1. The zero-order valence-corrected chi connectivity index (χ0v) is 17.1. The molecule has 1 aromatic carbocycles. The Kier molecular flexibility index (Phi) is 5.58. The van der Waals surface area contributed by atoms with Crippen molar-refractivity contribution in [3.05, 3.63) is 56.2 Å². The van der Waals surface area contributed by atoms with Crippen LogP contribution in [0, 0.1) is 5.41 Å². The van der Waals surface area contributed by atoms with E-state index in [2.05, 4.69) is 11.4 Å². The molecule has 1 unspecified atom stereocenters. The maximum atomic E-state index is 13.3. The number of carbonyl (C=O) groups excluding carboxylic acids is 1. The van der Waals surface area contributed by atoms with Crippen molar-refractivity contribution in [1.82, 2.24) is 4.90 Å². The van der Waals surface area contributed by atoms with Crippen LogP contribution >= 0.6 is 22.9 Å². The maximum absolute atomic E-state index is 13.3. The standard InChI is InChI=1S/C22H26ClNO2S/c23-18-7-3-5-16(11-18)12-22(15-25)9-4-10-24(14-22)21(26)20-19-8-2-1-6-17(19)13-27-20/h3,5,7,11,13,25H,1-2,4,6,8-10,12,14-15H2. The van der Waals surface area contributed by atoms with E-state index in [9.17, 15) is 9.90 Å². The van der Waals surface area contributed by atoms with Gasteiger partial charge in [-0.15, -0.1) is 11.3 Å². The van der Waals surface area contributed by atoms with Crippen molar-refractivity contribution >= 4 is 28.8 Å². The van der Waals surface area contributed by atoms with E-state index in [1.807, 2.05) is 23.1 Å². The first-order chi connectivity index (χ1) is 13.1. The molecule has 2 heterocycles. The Morgan fingerprint density at radius 2 is 2.11 bits per heavy atom. The maximum Gasteiger partial charge on any atom is 0.264 e. The number of aliphatic hydroxyl groups is 1. The van der Waals surface area contributed by atoms with Gasteiger partial charge in [-0.3, -0.25) is 4.79 Å². The Morgan fingerprint density at radius 1 is 1.26 bits per heavy atom. The van der Waals surface area contributed by atoms with Crippen molar-refractivity contribution in [2.24, 2.45) is 5.41 Å². The zero-order chi connectivity index (χ0) is 18.9. The van der Waals surface area contributed by atoms with E-state index in [0.29, 0.717) is 6.54 Å². The van der Waals surface area contributed by atoms with Crippen LogP contribution in [0.15, 0.2) is 29.6 Å². The van der Waals surface area contributed by atoms with Crippen LogP contribution in [0.25, 0.3) is 0 Å². The predicted octanol–water partition coefficient (Wildman–Crippen LogP) is 4.74. The number of thiophene rings is 1. The normalized spacial score (nSPS) is 22.5. The third-order valence-corrected chi connectivity index (χ3v) is 7.34. The summed E-state index contributed by atoms with van der Waals surface area (Å²) in [6, 6.07) is 7.84. The molecule has 0 spiro atoms. The summed E-state index contributed by atoms with van der Waals surface area (Å²) < 4.78 is 0. The summed E-state index contributed by atoms with van der Waals surface area (Å²) in [5.74, 6) is 0.159. The second-order valence-electron chi connectivity index (χ2n) is 8.07. The van der Waals surface area contributed by atoms with E-state index in [1.165, 1.54) is 24.0 Å². The van der Waals surface area contributed by atoms with E-state index < -0.39 is 0 Å². The van der Waals surface area contributed by atoms with Gasteiger partial charge in [0.2, 0.25) is 0 Å². The summed E-state index contributed by atoms with van der Waals surface area (Å²) in [7, 11) is 0. The van der Waals surface area contributed by atoms with Crippen LogP contribution < -0.4 is 0 Å². The fraction of sp³-hybridized carbons (Fsp3) is 0.500. The number of likely N-dealkylation sites (tertiary alicyclic amines) is 1. The highest BCUT2D eigenvalue weighted by Gasteiger charge is 2.38. The number of benzene rings is 1. The molecule has 2 aromatic rings. The highest BCUT2D eigenvalue weighted by Crippen LogP contribution is 2.36. The van der Waals surface area contributed by atoms with Crippen molar-refractivity contribution in [3.8, 4) is 0 Å². The van der Waals surface area contributed by atoms with Gasteiger partial charge in [0.15, 0.2) is 0 Å². The molecular weight excluding hydrogens is 378 g/mol. The SMILES string of the molecule is O=C(c1scc2c1CCCC2)N1CCCC(CO)(Cc2cccc(Cl)c2)C1. The molecule has 1 amide bonds. The molecule has 0 radical (unpaired) electrons. The number of aryl methyl sites for hydroxylation is 1. The Labute approximate surface area is 170 Å². The first-order valence-corrected chi connectivity index (χ1v) is 11.1. The smallest absolute Gasteiger partial charge is 0.264 e. The number of hydrogen-bond donors (Lipinski definition) is 1. The van der Waals surface area contributed by atoms with E-state index >= 15 is 0 Å². The van der Waals surface area contributed by atoms with E-state index in [4.69, 9.17) is 11.6 Å². The molecule has 27 heavy (non-hydrogen) atoms. The molecule has 0 bridgehead atoms. The third-order valence-electron chi connectivity index (χ3n) is 6.05. The first-order valence-electron chi connectivity index (χ1n) is 9.84. The van der Waals surface area contributed by atoms with Crippen LogP contribution in [0.5, 0.6) is 0 Å². The number of aliphatic hydroxyl groups excluding tert-OH is 1. The van der Waals surface area contributed by atoms with Crippen molar-refractivity contribution < 1.29 is 9.90 Å². The third kappa shape index (κ3) is 3.94. The minimum Gasteiger partial charge on any atom is -0.396 e. The number of rotatable bonds is 4. The average molecular weight is 404 g/mol. The number of hydrogen-bond acceptors (Lipinski definition) is 3. The van der Waals surface area contributed by atoms with Crippen molar-refractivity contribution in [3.63, 3.8) is 0 Å². The topological polar surface area (TPSA) is 40.5 Å². The van der Waals surface area contributed by atoms with Crippen molar-refractivity contribution in [2.75, 3.05) is 19.7 Å². The molecule has 144 valence electrons. The van der Waals surface area contributed by atoms with Crippen LogP contribution in [0.3, 0.4) is 0 Å². The average Bonchev–Trinajstić information content (AvgIpc) is 3.12. The molecule has 1 aliphatic heterocycles. The summed E-state index contributed by atoms with van der Waals surface area (Å²) in [5, 5.41) is 13.1. The van der Waals surface area contributed by atoms with Gasteiger partial charge in [0.05, 0.1) is 11.5 Å². The fourth-order valence-corrected chi connectivity index (χ4v) is 5.97. The fourth-order valence-electron chi connectivity index (χ4n) is 4.63. The largest absolute Gasteiger partial charge is 0.396 e. The van der Waals surface area contributed by atoms with Crippen LogP contribution in [-0.4, -0.2) is 35.6 Å². The molecule has 1 fully saturated rings. The molecule has 4 rings (SSSR count). The van der Waals surface area contributed by atoms with Gasteiger partial charge in [0.25, 0.3) is 5.91 Å². The number of nitrogens with zero attached hydrogens (tertiary/aromatic N) is 1. The number of amides is 1. The molecule has 2 aliphatic rings. The van der Waals surface area contributed by atoms with E-state index in [-0.39, 0.29) is 17.9 Å². The van der Waals surface area contributed by atoms with E-state index in [0.717, 1.165) is 54.1 Å². The van der Waals surface area contributed by atoms with Gasteiger partial charge >= 0.3 is 0 Å². The van der Waals surface area contributed by atoms with Crippen LogP contribution in [0.1, 0.15) is 52.0 Å². The second-order valence-corrected chi connectivity index (χ2v) is 9.39. The Hall–Kier alpha value is -1.36. The monoisotopic (exact) mass is 403 g/mol. The molecular formula is C22H26ClNO2S. The lowest BCUT2D eigenvalue weighted by atomic mass is 9.75. The lowest BCUT2D eigenvalue weighted by Crippen LogP contribution is -2.49. The summed E-state index contributed by atoms with van der Waals surface area (Å²) >= 11 is 7.75. The molecule has 1 saturated heterocycles. The number of carbonyl (C=O) groups is 1. The predicted molar refractivity (Wildman–Crippen MR) is 111 cm³/mol. The van der Waals surface area contributed by atoms with Crippen LogP contribution in [-0.2, 0) is 19.3 Å². The van der Waals surface area contributed by atoms with Gasteiger partial charge in [-0.25, -0.2) is 0 Å². The minimum absolute atomic E-state index is 0.0891. The quantitative estimate of drug-likeness (QED) is 0.801. The van der Waals surface area contributed by atoms with Crippen molar-refractivity contribution in [2.45, 2.75) is 44.9 Å². The minimum atomic E-state index is -0.282. The van der Waals surface area contributed by atoms with Gasteiger partial charge < -0.3 is 10.0 Å². The molecule has 1 N–H and O–H groups in total. The molecule has 1 aliphatic carbocycles. The molecule has 5 heteroatoms. The first kappa shape index (κ1) is 19.0. The summed E-state index contributed by atoms with van der Waals surface area (Å²) in [5.41, 5.74) is 3.50. The molecule has 1 atom stereocenters. The van der Waals surface area contributed by atoms with E-state index in [1.54, 1.807) is 11.3 Å². The lowest BCUT2D eigenvalue weighted by molar-refractivity contribution is 0.0274. The van der Waals surface area contributed by atoms with Gasteiger partial charge in [0.1, 0.15) is 0 Å². The number of piperidine rings is 1. The summed E-state index contributed by atoms with van der Waals surface area (Å²) in [6.07, 6.45) is 7.16. The molecule has 3 nitrogen and oxygen atoms in total. The van der Waals surface area contributed by atoms with Gasteiger partial charge in [-0.1, -0.05) is 23.7 Å². The van der Waals surface area contributed by atoms with Crippen molar-refractivity contribution in [1.29, 1.82) is 0 Å². The highest BCUT2D eigenvalue weighted by atomic mass is 35.5.